The van der Waals surface area contributed by atoms with Gasteiger partial charge in [0.15, 0.2) is 11.5 Å². The summed E-state index contributed by atoms with van der Waals surface area (Å²) in [4.78, 5) is 14.3. The van der Waals surface area contributed by atoms with Gasteiger partial charge in [-0.15, -0.1) is 0 Å². The Hall–Kier alpha value is -0.870. The van der Waals surface area contributed by atoms with Gasteiger partial charge in [0.2, 0.25) is 0 Å². The van der Waals surface area contributed by atoms with E-state index in [1.54, 1.807) is 14.0 Å². The SMILES string of the molecule is COc1ccc(Oc2c(I)cc(C(C)=O)cc2I)c(CCCN2CCCCC2)c1. The smallest absolute Gasteiger partial charge is 0.159 e. The highest BCUT2D eigenvalue weighted by molar-refractivity contribution is 14.1. The molecule has 0 N–H and O–H groups in total. The van der Waals surface area contributed by atoms with Gasteiger partial charge in [-0.25, -0.2) is 0 Å². The molecule has 0 aromatic heterocycles. The van der Waals surface area contributed by atoms with Crippen LogP contribution in [0.5, 0.6) is 17.2 Å². The van der Waals surface area contributed by atoms with E-state index in [9.17, 15) is 4.79 Å². The van der Waals surface area contributed by atoms with Gasteiger partial charge in [0.05, 0.1) is 14.3 Å². The maximum absolute atomic E-state index is 11.7. The molecule has 1 saturated heterocycles. The van der Waals surface area contributed by atoms with Gasteiger partial charge in [0.25, 0.3) is 0 Å². The van der Waals surface area contributed by atoms with E-state index >= 15 is 0 Å². The number of benzene rings is 2. The number of hydrogen-bond acceptors (Lipinski definition) is 4. The van der Waals surface area contributed by atoms with Gasteiger partial charge in [-0.05, 0) is 133 Å². The zero-order valence-corrected chi connectivity index (χ0v) is 21.3. The Morgan fingerprint density at radius 2 is 1.76 bits per heavy atom. The molecule has 2 aromatic carbocycles. The monoisotopic (exact) mass is 619 g/mol. The summed E-state index contributed by atoms with van der Waals surface area (Å²) in [5.41, 5.74) is 1.87. The Morgan fingerprint density at radius 3 is 2.38 bits per heavy atom. The molecule has 1 aliphatic heterocycles. The van der Waals surface area contributed by atoms with Crippen molar-refractivity contribution in [3.8, 4) is 17.2 Å². The van der Waals surface area contributed by atoms with Crippen molar-refractivity contribution in [1.82, 2.24) is 4.90 Å². The normalized spacial score (nSPS) is 14.6. The lowest BCUT2D eigenvalue weighted by molar-refractivity contribution is 0.101. The van der Waals surface area contributed by atoms with Gasteiger partial charge in [0.1, 0.15) is 11.5 Å². The van der Waals surface area contributed by atoms with E-state index in [1.165, 1.54) is 32.4 Å². The van der Waals surface area contributed by atoms with Gasteiger partial charge in [-0.3, -0.25) is 4.79 Å². The fourth-order valence-corrected chi connectivity index (χ4v) is 5.61. The molecule has 0 aliphatic carbocycles. The number of halogens is 2. The van der Waals surface area contributed by atoms with Crippen molar-refractivity contribution in [3.05, 3.63) is 48.6 Å². The molecule has 0 atom stereocenters. The van der Waals surface area contributed by atoms with E-state index in [2.05, 4.69) is 56.1 Å². The van der Waals surface area contributed by atoms with Crippen molar-refractivity contribution in [2.24, 2.45) is 0 Å². The van der Waals surface area contributed by atoms with Gasteiger partial charge in [-0.2, -0.15) is 0 Å². The standard InChI is InChI=1S/C23H27I2NO3/c1-16(27)18-14-20(24)23(21(25)15-18)29-22-9-8-19(28-2)13-17(22)7-6-12-26-10-4-3-5-11-26/h8-9,13-15H,3-7,10-12H2,1-2H3. The third kappa shape index (κ3) is 6.30. The van der Waals surface area contributed by atoms with Crippen LogP contribution >= 0.6 is 45.2 Å². The molecule has 0 bridgehead atoms. The molecule has 1 fully saturated rings. The molecule has 6 heteroatoms. The third-order valence-electron chi connectivity index (χ3n) is 5.25. The summed E-state index contributed by atoms with van der Waals surface area (Å²) in [6, 6.07) is 9.78. The molecular formula is C23H27I2NO3. The Labute approximate surface area is 200 Å². The number of methoxy groups -OCH3 is 1. The molecular weight excluding hydrogens is 592 g/mol. The molecule has 0 spiro atoms. The predicted molar refractivity (Wildman–Crippen MR) is 134 cm³/mol. The van der Waals surface area contributed by atoms with Crippen LogP contribution in [0.25, 0.3) is 0 Å². The van der Waals surface area contributed by atoms with Crippen molar-refractivity contribution < 1.29 is 14.3 Å². The molecule has 1 aliphatic rings. The number of ether oxygens (including phenoxy) is 2. The molecule has 0 unspecified atom stereocenters. The molecule has 156 valence electrons. The lowest BCUT2D eigenvalue weighted by Crippen LogP contribution is -2.30. The third-order valence-corrected chi connectivity index (χ3v) is 6.86. The zero-order chi connectivity index (χ0) is 20.8. The summed E-state index contributed by atoms with van der Waals surface area (Å²) >= 11 is 4.48. The van der Waals surface area contributed by atoms with Crippen LogP contribution in [0.1, 0.15) is 48.5 Å². The number of carbonyl (C=O) groups excluding carboxylic acids is 1. The summed E-state index contributed by atoms with van der Waals surface area (Å²) in [7, 11) is 1.69. The Balaban J connectivity index is 1.77. The van der Waals surface area contributed by atoms with Crippen molar-refractivity contribution in [3.63, 3.8) is 0 Å². The molecule has 0 radical (unpaired) electrons. The van der Waals surface area contributed by atoms with E-state index in [1.807, 2.05) is 24.3 Å². The average molecular weight is 619 g/mol. The van der Waals surface area contributed by atoms with Crippen LogP contribution < -0.4 is 9.47 Å². The number of rotatable bonds is 8. The second kappa shape index (κ2) is 10.9. The van der Waals surface area contributed by atoms with Gasteiger partial charge < -0.3 is 14.4 Å². The number of hydrogen-bond donors (Lipinski definition) is 0. The van der Waals surface area contributed by atoms with Gasteiger partial charge >= 0.3 is 0 Å². The van der Waals surface area contributed by atoms with Crippen LogP contribution in [-0.4, -0.2) is 37.4 Å². The predicted octanol–water partition coefficient (Wildman–Crippen LogP) is 6.32. The van der Waals surface area contributed by atoms with Crippen molar-refractivity contribution >= 4 is 51.0 Å². The second-order valence-corrected chi connectivity index (χ2v) is 9.73. The summed E-state index contributed by atoms with van der Waals surface area (Å²) in [6.45, 7) is 5.16. The number of piperidine rings is 1. The molecule has 29 heavy (non-hydrogen) atoms. The highest BCUT2D eigenvalue weighted by Crippen LogP contribution is 2.36. The van der Waals surface area contributed by atoms with E-state index < -0.39 is 0 Å². The van der Waals surface area contributed by atoms with Crippen LogP contribution in [0, 0.1) is 7.14 Å². The van der Waals surface area contributed by atoms with Crippen molar-refractivity contribution in [2.75, 3.05) is 26.7 Å². The lowest BCUT2D eigenvalue weighted by Gasteiger charge is -2.26. The summed E-state index contributed by atoms with van der Waals surface area (Å²) in [6.07, 6.45) is 6.05. The maximum atomic E-state index is 11.7. The fraction of sp³-hybridized carbons (Fsp3) is 0.435. The van der Waals surface area contributed by atoms with Crippen LogP contribution in [0.4, 0.5) is 0 Å². The van der Waals surface area contributed by atoms with Crippen LogP contribution in [0.2, 0.25) is 0 Å². The number of carbonyl (C=O) groups is 1. The average Bonchev–Trinajstić information content (AvgIpc) is 2.72. The van der Waals surface area contributed by atoms with E-state index in [0.29, 0.717) is 5.56 Å². The minimum Gasteiger partial charge on any atom is -0.497 e. The van der Waals surface area contributed by atoms with Crippen LogP contribution in [0.3, 0.4) is 0 Å². The lowest BCUT2D eigenvalue weighted by atomic mass is 10.1. The summed E-state index contributed by atoms with van der Waals surface area (Å²) in [5.74, 6) is 2.58. The number of nitrogens with zero attached hydrogens (tertiary/aromatic N) is 1. The molecule has 1 heterocycles. The Kier molecular flexibility index (Phi) is 8.61. The minimum absolute atomic E-state index is 0.0650. The maximum Gasteiger partial charge on any atom is 0.159 e. The minimum atomic E-state index is 0.0650. The number of Topliss-reactive ketones (excluding diaryl/α,β-unsaturated/α-hetero) is 1. The fourth-order valence-electron chi connectivity index (χ4n) is 3.62. The Bertz CT molecular complexity index is 840. The van der Waals surface area contributed by atoms with Crippen LogP contribution in [0.15, 0.2) is 30.3 Å². The highest BCUT2D eigenvalue weighted by atomic mass is 127. The van der Waals surface area contributed by atoms with Crippen molar-refractivity contribution in [1.29, 1.82) is 0 Å². The first kappa shape index (κ1) is 22.8. The summed E-state index contributed by atoms with van der Waals surface area (Å²) < 4.78 is 13.7. The first-order valence-electron chi connectivity index (χ1n) is 10.0. The van der Waals surface area contributed by atoms with E-state index in [4.69, 9.17) is 9.47 Å². The molecule has 2 aromatic rings. The quantitative estimate of drug-likeness (QED) is 0.256. The second-order valence-electron chi connectivity index (χ2n) is 7.41. The van der Waals surface area contributed by atoms with Gasteiger partial charge in [-0.1, -0.05) is 6.42 Å². The molecule has 0 saturated carbocycles. The number of ketones is 1. The largest absolute Gasteiger partial charge is 0.497 e. The number of likely N-dealkylation sites (tertiary alicyclic amines) is 1. The van der Waals surface area contributed by atoms with Gasteiger partial charge in [0, 0.05) is 5.56 Å². The van der Waals surface area contributed by atoms with E-state index in [0.717, 1.165) is 49.3 Å². The molecule has 0 amide bonds. The molecule has 3 rings (SSSR count). The first-order valence-corrected chi connectivity index (χ1v) is 12.2. The van der Waals surface area contributed by atoms with E-state index in [-0.39, 0.29) is 5.78 Å². The highest BCUT2D eigenvalue weighted by Gasteiger charge is 2.15. The first-order chi connectivity index (χ1) is 14.0. The van der Waals surface area contributed by atoms with Crippen molar-refractivity contribution in [2.45, 2.75) is 39.0 Å². The molecule has 4 nitrogen and oxygen atoms in total. The Morgan fingerprint density at radius 1 is 1.07 bits per heavy atom. The number of aryl methyl sites for hydroxylation is 1. The summed E-state index contributed by atoms with van der Waals surface area (Å²) in [5, 5.41) is 0. The van der Waals surface area contributed by atoms with Crippen LogP contribution in [-0.2, 0) is 6.42 Å². The topological polar surface area (TPSA) is 38.8 Å². The zero-order valence-electron chi connectivity index (χ0n) is 17.0.